The number of amides is 1. The standard InChI is InChI=1S/C17H28NO5P.2Na/c1-3-4-5-6-7-12-17(19)18-16(13-23-24(20,21)22)15-11-9-8-10-14(15)2;;/h8-11,16H,3-7,12-13H2,1-2H3,(H,18,19)(H2,20,21,22);;/q;2*+1/p-2. The van der Waals surface area contributed by atoms with Crippen molar-refractivity contribution in [2.75, 3.05) is 6.61 Å². The molecule has 1 aromatic rings. The summed E-state index contributed by atoms with van der Waals surface area (Å²) in [4.78, 5) is 33.6. The summed E-state index contributed by atoms with van der Waals surface area (Å²) in [5, 5.41) is 2.77. The van der Waals surface area contributed by atoms with Crippen molar-refractivity contribution in [3.8, 4) is 0 Å². The molecule has 0 bridgehead atoms. The summed E-state index contributed by atoms with van der Waals surface area (Å²) in [5.41, 5.74) is 1.63. The molecule has 0 radical (unpaired) electrons. The summed E-state index contributed by atoms with van der Waals surface area (Å²) < 4.78 is 15.1. The van der Waals surface area contributed by atoms with Crippen LogP contribution in [0.25, 0.3) is 0 Å². The zero-order chi connectivity index (χ0) is 18.0. The van der Waals surface area contributed by atoms with Crippen LogP contribution < -0.4 is 74.2 Å². The third kappa shape index (κ3) is 13.1. The van der Waals surface area contributed by atoms with Crippen molar-refractivity contribution in [2.24, 2.45) is 0 Å². The van der Waals surface area contributed by atoms with E-state index in [2.05, 4.69) is 16.8 Å². The number of carbonyl (C=O) groups is 1. The number of unbranched alkanes of at least 4 members (excludes halogenated alkanes) is 4. The molecule has 6 nitrogen and oxygen atoms in total. The van der Waals surface area contributed by atoms with Crippen LogP contribution in [0.1, 0.15) is 62.6 Å². The van der Waals surface area contributed by atoms with Gasteiger partial charge in [-0.3, -0.25) is 4.79 Å². The van der Waals surface area contributed by atoms with Gasteiger partial charge in [0.05, 0.1) is 20.5 Å². The second-order valence-corrected chi connectivity index (χ2v) is 7.04. The SMILES string of the molecule is CCCCCCCC(=O)NC(COP(=O)([O-])[O-])c1ccccc1C.[Na+].[Na+]. The number of hydrogen-bond donors (Lipinski definition) is 1. The number of rotatable bonds is 11. The summed E-state index contributed by atoms with van der Waals surface area (Å²) in [7, 11) is -5.08. The van der Waals surface area contributed by atoms with Crippen molar-refractivity contribution in [1.29, 1.82) is 0 Å². The first-order valence-electron chi connectivity index (χ1n) is 8.35. The Morgan fingerprint density at radius 1 is 1.15 bits per heavy atom. The van der Waals surface area contributed by atoms with Crippen molar-refractivity contribution >= 4 is 13.7 Å². The molecule has 136 valence electrons. The van der Waals surface area contributed by atoms with E-state index < -0.39 is 20.5 Å². The van der Waals surface area contributed by atoms with Gasteiger partial charge in [-0.05, 0) is 24.5 Å². The summed E-state index contributed by atoms with van der Waals surface area (Å²) in [6, 6.07) is 6.61. The maximum Gasteiger partial charge on any atom is 1.00 e. The number of carbonyl (C=O) groups excluding carboxylic acids is 1. The minimum absolute atomic E-state index is 0. The Morgan fingerprint density at radius 2 is 1.77 bits per heavy atom. The van der Waals surface area contributed by atoms with E-state index >= 15 is 0 Å². The molecule has 1 rings (SSSR count). The van der Waals surface area contributed by atoms with Crippen LogP contribution in [-0.4, -0.2) is 12.5 Å². The minimum atomic E-state index is -5.08. The predicted octanol–water partition coefficient (Wildman–Crippen LogP) is -3.63. The fraction of sp³-hybridized carbons (Fsp3) is 0.588. The van der Waals surface area contributed by atoms with Crippen LogP contribution in [-0.2, 0) is 13.9 Å². The number of aryl methyl sites for hydroxylation is 1. The van der Waals surface area contributed by atoms with Crippen molar-refractivity contribution in [3.05, 3.63) is 35.4 Å². The van der Waals surface area contributed by atoms with E-state index in [0.717, 1.165) is 43.2 Å². The summed E-state index contributed by atoms with van der Waals surface area (Å²) >= 11 is 0. The maximum atomic E-state index is 12.1. The van der Waals surface area contributed by atoms with Gasteiger partial charge < -0.3 is 24.2 Å². The van der Waals surface area contributed by atoms with Crippen LogP contribution in [0, 0.1) is 6.92 Å². The summed E-state index contributed by atoms with van der Waals surface area (Å²) in [6.07, 6.45) is 5.55. The first kappa shape index (κ1) is 29.0. The second kappa shape index (κ2) is 15.7. The zero-order valence-electron chi connectivity index (χ0n) is 16.3. The molecule has 0 heterocycles. The fourth-order valence-electron chi connectivity index (χ4n) is 2.51. The Labute approximate surface area is 200 Å². The van der Waals surface area contributed by atoms with E-state index in [-0.39, 0.29) is 65.0 Å². The Bertz CT molecular complexity index is 568. The average Bonchev–Trinajstić information content (AvgIpc) is 2.51. The fourth-order valence-corrected chi connectivity index (χ4v) is 2.84. The third-order valence-electron chi connectivity index (χ3n) is 3.81. The molecule has 0 aliphatic rings. The topological polar surface area (TPSA) is 102 Å². The third-order valence-corrected chi connectivity index (χ3v) is 4.27. The van der Waals surface area contributed by atoms with Crippen molar-refractivity contribution in [2.45, 2.75) is 58.4 Å². The van der Waals surface area contributed by atoms with Gasteiger partial charge in [-0.25, -0.2) is 0 Å². The minimum Gasteiger partial charge on any atom is -0.790 e. The molecule has 0 aliphatic heterocycles. The Kier molecular flexibility index (Phi) is 17.5. The molecule has 1 unspecified atom stereocenters. The van der Waals surface area contributed by atoms with Gasteiger partial charge in [0, 0.05) is 6.42 Å². The van der Waals surface area contributed by atoms with Gasteiger partial charge in [-0.15, -0.1) is 0 Å². The number of nitrogens with one attached hydrogen (secondary N) is 1. The number of phosphoric ester groups is 1. The Morgan fingerprint density at radius 3 is 2.35 bits per heavy atom. The van der Waals surface area contributed by atoms with Crippen LogP contribution >= 0.6 is 7.82 Å². The molecule has 0 saturated heterocycles. The van der Waals surface area contributed by atoms with Gasteiger partial charge >= 0.3 is 59.1 Å². The van der Waals surface area contributed by atoms with Crippen LogP contribution in [0.15, 0.2) is 24.3 Å². The van der Waals surface area contributed by atoms with Gasteiger partial charge in [0.25, 0.3) is 0 Å². The molecule has 26 heavy (non-hydrogen) atoms. The summed E-state index contributed by atoms with van der Waals surface area (Å²) in [6.45, 7) is 3.59. The molecule has 0 fully saturated rings. The first-order valence-corrected chi connectivity index (χ1v) is 9.81. The molecular formula is C17H26NNa2O5P. The van der Waals surface area contributed by atoms with Gasteiger partial charge in [0.15, 0.2) is 0 Å². The van der Waals surface area contributed by atoms with Gasteiger partial charge in [-0.1, -0.05) is 56.9 Å². The quantitative estimate of drug-likeness (QED) is 0.234. The van der Waals surface area contributed by atoms with E-state index in [0.29, 0.717) is 6.42 Å². The largest absolute Gasteiger partial charge is 1.00 e. The van der Waals surface area contributed by atoms with Gasteiger partial charge in [-0.2, -0.15) is 0 Å². The van der Waals surface area contributed by atoms with E-state index in [1.807, 2.05) is 19.1 Å². The summed E-state index contributed by atoms with van der Waals surface area (Å²) in [5.74, 6) is -0.171. The zero-order valence-corrected chi connectivity index (χ0v) is 21.2. The molecule has 1 N–H and O–H groups in total. The Hall–Kier alpha value is 0.800. The second-order valence-electron chi connectivity index (χ2n) is 5.88. The molecular weight excluding hydrogens is 375 g/mol. The monoisotopic (exact) mass is 401 g/mol. The molecule has 0 saturated carbocycles. The number of benzene rings is 1. The first-order chi connectivity index (χ1) is 11.3. The molecule has 0 spiro atoms. The molecule has 1 amide bonds. The van der Waals surface area contributed by atoms with E-state index in [1.165, 1.54) is 0 Å². The Balaban J connectivity index is 0. The molecule has 9 heteroatoms. The average molecular weight is 401 g/mol. The van der Waals surface area contributed by atoms with Gasteiger partial charge in [0.1, 0.15) is 0 Å². The van der Waals surface area contributed by atoms with Crippen LogP contribution in [0.5, 0.6) is 0 Å². The molecule has 0 aliphatic carbocycles. The normalized spacial score (nSPS) is 11.8. The van der Waals surface area contributed by atoms with Crippen molar-refractivity contribution in [1.82, 2.24) is 5.32 Å². The maximum absolute atomic E-state index is 12.1. The van der Waals surface area contributed by atoms with Crippen molar-refractivity contribution in [3.63, 3.8) is 0 Å². The smallest absolute Gasteiger partial charge is 0.790 e. The van der Waals surface area contributed by atoms with E-state index in [4.69, 9.17) is 0 Å². The van der Waals surface area contributed by atoms with Crippen LogP contribution in [0.4, 0.5) is 0 Å². The molecule has 0 aromatic heterocycles. The van der Waals surface area contributed by atoms with Crippen molar-refractivity contribution < 1.29 is 82.8 Å². The van der Waals surface area contributed by atoms with E-state index in [1.54, 1.807) is 12.1 Å². The number of hydrogen-bond acceptors (Lipinski definition) is 5. The van der Waals surface area contributed by atoms with Crippen LogP contribution in [0.2, 0.25) is 0 Å². The predicted molar refractivity (Wildman–Crippen MR) is 89.0 cm³/mol. The van der Waals surface area contributed by atoms with Crippen LogP contribution in [0.3, 0.4) is 0 Å². The van der Waals surface area contributed by atoms with E-state index in [9.17, 15) is 19.1 Å². The van der Waals surface area contributed by atoms with Gasteiger partial charge in [0.2, 0.25) is 5.91 Å². The molecule has 1 atom stereocenters. The number of phosphoric acid groups is 1. The molecule has 1 aromatic carbocycles.